The second-order valence-electron chi connectivity index (χ2n) is 4.85. The summed E-state index contributed by atoms with van der Waals surface area (Å²) in [6, 6.07) is 5.61. The molecule has 5 nitrogen and oxygen atoms in total. The molecule has 0 heterocycles. The lowest BCUT2D eigenvalue weighted by Crippen LogP contribution is -2.16. The van der Waals surface area contributed by atoms with E-state index in [1.54, 1.807) is 21.2 Å². The van der Waals surface area contributed by atoms with Crippen molar-refractivity contribution in [2.45, 2.75) is 24.2 Å². The van der Waals surface area contributed by atoms with Crippen molar-refractivity contribution < 1.29 is 19.1 Å². The van der Waals surface area contributed by atoms with Crippen molar-refractivity contribution in [3.05, 3.63) is 23.8 Å². The van der Waals surface area contributed by atoms with Crippen LogP contribution >= 0.6 is 11.8 Å². The second kappa shape index (κ2) is 7.93. The van der Waals surface area contributed by atoms with Crippen LogP contribution in [0.15, 0.2) is 23.1 Å². The zero-order chi connectivity index (χ0) is 16.0. The van der Waals surface area contributed by atoms with Crippen molar-refractivity contribution in [2.24, 2.45) is 0 Å². The first kappa shape index (κ1) is 17.4. The van der Waals surface area contributed by atoms with Crippen molar-refractivity contribution in [2.75, 3.05) is 28.3 Å². The van der Waals surface area contributed by atoms with E-state index in [0.717, 1.165) is 22.2 Å². The normalized spacial score (nSPS) is 11.7. The lowest BCUT2D eigenvalue weighted by Gasteiger charge is -2.15. The zero-order valence-corrected chi connectivity index (χ0v) is 13.8. The van der Waals surface area contributed by atoms with Crippen molar-refractivity contribution >= 4 is 23.0 Å². The van der Waals surface area contributed by atoms with Crippen LogP contribution in [0.1, 0.15) is 24.8 Å². The van der Waals surface area contributed by atoms with E-state index in [9.17, 15) is 9.59 Å². The van der Waals surface area contributed by atoms with Gasteiger partial charge in [-0.05, 0) is 35.4 Å². The Morgan fingerprint density at radius 3 is 2.48 bits per heavy atom. The quantitative estimate of drug-likeness (QED) is 0.617. The molecule has 0 radical (unpaired) electrons. The number of hydrogen-bond acceptors (Lipinski definition) is 5. The second-order valence-corrected chi connectivity index (χ2v) is 5.85. The van der Waals surface area contributed by atoms with Crippen molar-refractivity contribution in [3.63, 3.8) is 0 Å². The molecular formula is C15H21NO4S. The van der Waals surface area contributed by atoms with Crippen molar-refractivity contribution in [3.8, 4) is 5.75 Å². The first-order valence-corrected chi connectivity index (χ1v) is 7.34. The number of amides is 1. The molecule has 1 aromatic rings. The summed E-state index contributed by atoms with van der Waals surface area (Å²) >= 11 is 1.11. The van der Waals surface area contributed by atoms with E-state index in [1.807, 2.05) is 25.1 Å². The molecule has 1 amide bonds. The minimum absolute atomic E-state index is 0.0231. The molecule has 0 aliphatic rings. The highest BCUT2D eigenvalue weighted by Gasteiger charge is 2.16. The number of esters is 1. The van der Waals surface area contributed by atoms with Crippen molar-refractivity contribution in [1.82, 2.24) is 4.90 Å². The Morgan fingerprint density at radius 1 is 1.29 bits per heavy atom. The Hall–Kier alpha value is -1.69. The van der Waals surface area contributed by atoms with Gasteiger partial charge in [0, 0.05) is 14.1 Å². The molecule has 1 rings (SSSR count). The van der Waals surface area contributed by atoms with Gasteiger partial charge in [-0.15, -0.1) is 0 Å². The standard InChI is InChI=1S/C15H21NO4S/c1-10(8-14(17)20-5)11-6-7-13(12(9-11)19-4)21-15(18)16(2)3/h6-7,9-10H,8H2,1-5H3/t10-/m0/s1. The van der Waals surface area contributed by atoms with E-state index in [0.29, 0.717) is 12.2 Å². The van der Waals surface area contributed by atoms with Gasteiger partial charge in [0.25, 0.3) is 5.24 Å². The lowest BCUT2D eigenvalue weighted by molar-refractivity contribution is -0.140. The highest BCUT2D eigenvalue weighted by atomic mass is 32.2. The SMILES string of the molecule is COC(=O)C[C@H](C)c1ccc(SC(=O)N(C)C)c(OC)c1. The van der Waals surface area contributed by atoms with Gasteiger partial charge in [-0.1, -0.05) is 13.0 Å². The van der Waals surface area contributed by atoms with Crippen LogP contribution in [0.25, 0.3) is 0 Å². The van der Waals surface area contributed by atoms with Crippen LogP contribution in [0, 0.1) is 0 Å². The van der Waals surface area contributed by atoms with Crippen LogP contribution < -0.4 is 4.74 Å². The Morgan fingerprint density at radius 2 is 1.95 bits per heavy atom. The van der Waals surface area contributed by atoms with Gasteiger partial charge in [0.15, 0.2) is 0 Å². The number of thioether (sulfide) groups is 1. The zero-order valence-electron chi connectivity index (χ0n) is 13.0. The van der Waals surface area contributed by atoms with Gasteiger partial charge in [0.05, 0.1) is 25.5 Å². The maximum Gasteiger partial charge on any atom is 0.306 e. The summed E-state index contributed by atoms with van der Waals surface area (Å²) in [7, 11) is 6.35. The maximum absolute atomic E-state index is 11.8. The molecule has 21 heavy (non-hydrogen) atoms. The Balaban J connectivity index is 2.92. The summed E-state index contributed by atoms with van der Waals surface area (Å²) in [6.07, 6.45) is 0.308. The fraction of sp³-hybridized carbons (Fsp3) is 0.467. The van der Waals surface area contributed by atoms with Gasteiger partial charge in [-0.25, -0.2) is 0 Å². The molecular weight excluding hydrogens is 290 g/mol. The van der Waals surface area contributed by atoms with Crippen LogP contribution in [0.3, 0.4) is 0 Å². The van der Waals surface area contributed by atoms with E-state index in [4.69, 9.17) is 4.74 Å². The average molecular weight is 311 g/mol. The summed E-state index contributed by atoms with van der Waals surface area (Å²) in [5.41, 5.74) is 0.971. The molecule has 0 N–H and O–H groups in total. The number of carbonyl (C=O) groups is 2. The molecule has 1 atom stereocenters. The van der Waals surface area contributed by atoms with Gasteiger partial charge >= 0.3 is 5.97 Å². The molecule has 0 aliphatic heterocycles. The molecule has 0 aromatic heterocycles. The first-order chi connectivity index (χ1) is 9.88. The van der Waals surface area contributed by atoms with Crippen LogP contribution in [-0.4, -0.2) is 44.4 Å². The molecule has 0 spiro atoms. The minimum Gasteiger partial charge on any atom is -0.496 e. The number of benzene rings is 1. The molecule has 1 aromatic carbocycles. The van der Waals surface area contributed by atoms with Gasteiger partial charge in [-0.3, -0.25) is 9.59 Å². The fourth-order valence-corrected chi connectivity index (χ4v) is 2.46. The molecule has 0 aliphatic carbocycles. The molecule has 0 bridgehead atoms. The molecule has 116 valence electrons. The van der Waals surface area contributed by atoms with E-state index >= 15 is 0 Å². The van der Waals surface area contributed by atoms with Crippen molar-refractivity contribution in [1.29, 1.82) is 0 Å². The fourth-order valence-electron chi connectivity index (χ4n) is 1.71. The Bertz CT molecular complexity index is 516. The van der Waals surface area contributed by atoms with Gasteiger partial charge in [-0.2, -0.15) is 0 Å². The largest absolute Gasteiger partial charge is 0.496 e. The summed E-state index contributed by atoms with van der Waals surface area (Å²) in [5.74, 6) is 0.405. The van der Waals surface area contributed by atoms with Crippen LogP contribution in [0.4, 0.5) is 4.79 Å². The number of carbonyl (C=O) groups excluding carboxylic acids is 2. The summed E-state index contributed by atoms with van der Waals surface area (Å²) in [4.78, 5) is 25.4. The third kappa shape index (κ3) is 4.97. The number of ether oxygens (including phenoxy) is 2. The van der Waals surface area contributed by atoms with Crippen LogP contribution in [0.2, 0.25) is 0 Å². The van der Waals surface area contributed by atoms with Gasteiger partial charge in [0.1, 0.15) is 5.75 Å². The predicted molar refractivity (Wildman–Crippen MR) is 83.0 cm³/mol. The minimum atomic E-state index is -0.247. The third-order valence-corrected chi connectivity index (χ3v) is 4.12. The summed E-state index contributed by atoms with van der Waals surface area (Å²) < 4.78 is 10.0. The summed E-state index contributed by atoms with van der Waals surface area (Å²) in [6.45, 7) is 1.95. The first-order valence-electron chi connectivity index (χ1n) is 6.53. The van der Waals surface area contributed by atoms with E-state index in [2.05, 4.69) is 4.74 Å². The Labute approximate surface area is 129 Å². The van der Waals surface area contributed by atoms with E-state index in [1.165, 1.54) is 12.0 Å². The predicted octanol–water partition coefficient (Wildman–Crippen LogP) is 3.14. The van der Waals surface area contributed by atoms with Crippen LogP contribution in [0.5, 0.6) is 5.75 Å². The molecule has 0 saturated heterocycles. The molecule has 0 saturated carbocycles. The number of hydrogen-bond donors (Lipinski definition) is 0. The number of nitrogens with zero attached hydrogens (tertiary/aromatic N) is 1. The van der Waals surface area contributed by atoms with E-state index in [-0.39, 0.29) is 17.1 Å². The van der Waals surface area contributed by atoms with Gasteiger partial charge in [0.2, 0.25) is 0 Å². The number of methoxy groups -OCH3 is 2. The van der Waals surface area contributed by atoms with E-state index < -0.39 is 0 Å². The summed E-state index contributed by atoms with van der Waals surface area (Å²) in [5, 5.41) is -0.0661. The topological polar surface area (TPSA) is 55.8 Å². The molecule has 6 heteroatoms. The highest BCUT2D eigenvalue weighted by molar-refractivity contribution is 8.13. The molecule has 0 fully saturated rings. The molecule has 0 unspecified atom stereocenters. The number of rotatable bonds is 5. The Kier molecular flexibility index (Phi) is 6.55. The smallest absolute Gasteiger partial charge is 0.306 e. The average Bonchev–Trinajstić information content (AvgIpc) is 2.46. The third-order valence-electron chi connectivity index (χ3n) is 3.02. The lowest BCUT2D eigenvalue weighted by atomic mass is 9.98. The highest BCUT2D eigenvalue weighted by Crippen LogP contribution is 2.34. The van der Waals surface area contributed by atoms with Crippen LogP contribution in [-0.2, 0) is 9.53 Å². The maximum atomic E-state index is 11.8. The van der Waals surface area contributed by atoms with Gasteiger partial charge < -0.3 is 14.4 Å². The monoisotopic (exact) mass is 311 g/mol.